The molecule has 0 bridgehead atoms. The summed E-state index contributed by atoms with van der Waals surface area (Å²) in [6, 6.07) is 0. The molecular weight excluding hydrogens is 192 g/mol. The standard InChI is InChI=1S/2C4H8O3/c2*5-4(6)2-1-3-7-4/h2*5-6H,1-3H2. The van der Waals surface area contributed by atoms with Gasteiger partial charge in [-0.05, 0) is 12.8 Å². The molecule has 0 aromatic heterocycles. The van der Waals surface area contributed by atoms with E-state index in [0.29, 0.717) is 26.1 Å². The first-order valence-electron chi connectivity index (χ1n) is 4.59. The molecule has 6 nitrogen and oxygen atoms in total. The topological polar surface area (TPSA) is 99.4 Å². The van der Waals surface area contributed by atoms with Crippen molar-refractivity contribution < 1.29 is 29.9 Å². The minimum absolute atomic E-state index is 0.340. The third-order valence-electron chi connectivity index (χ3n) is 1.96. The highest BCUT2D eigenvalue weighted by molar-refractivity contribution is 4.58. The van der Waals surface area contributed by atoms with Gasteiger partial charge in [0, 0.05) is 12.8 Å². The molecular formula is C8H16O6. The lowest BCUT2D eigenvalue weighted by Crippen LogP contribution is -2.25. The van der Waals surface area contributed by atoms with Gasteiger partial charge < -0.3 is 29.9 Å². The molecule has 4 N–H and O–H groups in total. The minimum Gasteiger partial charge on any atom is -0.343 e. The molecule has 2 heterocycles. The predicted molar refractivity (Wildman–Crippen MR) is 44.7 cm³/mol. The SMILES string of the molecule is OC1(O)CCCO1.OC1(O)CCCO1. The number of hydrogen-bond donors (Lipinski definition) is 4. The molecule has 0 atom stereocenters. The first kappa shape index (κ1) is 11.8. The molecule has 14 heavy (non-hydrogen) atoms. The summed E-state index contributed by atoms with van der Waals surface area (Å²) < 4.78 is 8.90. The maximum Gasteiger partial charge on any atom is 0.277 e. The van der Waals surface area contributed by atoms with Gasteiger partial charge in [0.05, 0.1) is 13.2 Å². The summed E-state index contributed by atoms with van der Waals surface area (Å²) in [5.74, 6) is -3.61. The van der Waals surface area contributed by atoms with E-state index >= 15 is 0 Å². The van der Waals surface area contributed by atoms with E-state index in [1.807, 2.05) is 0 Å². The Morgan fingerprint density at radius 2 is 1.07 bits per heavy atom. The van der Waals surface area contributed by atoms with E-state index in [0.717, 1.165) is 12.8 Å². The summed E-state index contributed by atoms with van der Waals surface area (Å²) in [5.41, 5.74) is 0. The molecule has 2 rings (SSSR count). The van der Waals surface area contributed by atoms with Crippen LogP contribution in [-0.2, 0) is 9.47 Å². The lowest BCUT2D eigenvalue weighted by atomic mass is 10.3. The Bertz CT molecular complexity index is 143. The lowest BCUT2D eigenvalue weighted by Gasteiger charge is -2.10. The highest BCUT2D eigenvalue weighted by Crippen LogP contribution is 2.18. The summed E-state index contributed by atoms with van der Waals surface area (Å²) in [6.45, 7) is 0.931. The molecule has 2 aliphatic heterocycles. The molecule has 2 fully saturated rings. The summed E-state index contributed by atoms with van der Waals surface area (Å²) in [6.07, 6.45) is 2.17. The van der Waals surface area contributed by atoms with Gasteiger partial charge in [0.2, 0.25) is 0 Å². The van der Waals surface area contributed by atoms with Crippen molar-refractivity contribution in [1.82, 2.24) is 0 Å². The molecule has 84 valence electrons. The van der Waals surface area contributed by atoms with Crippen molar-refractivity contribution in [3.8, 4) is 0 Å². The van der Waals surface area contributed by atoms with Gasteiger partial charge in [-0.3, -0.25) is 0 Å². The second-order valence-electron chi connectivity index (χ2n) is 3.39. The van der Waals surface area contributed by atoms with Gasteiger partial charge in [0.1, 0.15) is 0 Å². The fourth-order valence-electron chi connectivity index (χ4n) is 1.22. The van der Waals surface area contributed by atoms with Crippen molar-refractivity contribution in [3.63, 3.8) is 0 Å². The zero-order chi connectivity index (χ0) is 10.7. The number of aliphatic hydroxyl groups is 4. The average Bonchev–Trinajstić information content (AvgIpc) is 2.60. The average molecular weight is 208 g/mol. The van der Waals surface area contributed by atoms with Crippen molar-refractivity contribution in [3.05, 3.63) is 0 Å². The molecule has 0 aliphatic carbocycles. The molecule has 0 radical (unpaired) electrons. The van der Waals surface area contributed by atoms with Crippen LogP contribution in [0.15, 0.2) is 0 Å². The van der Waals surface area contributed by atoms with Crippen LogP contribution in [0.2, 0.25) is 0 Å². The highest BCUT2D eigenvalue weighted by atomic mass is 16.8. The summed E-state index contributed by atoms with van der Waals surface area (Å²) in [7, 11) is 0. The second kappa shape index (κ2) is 4.52. The van der Waals surface area contributed by atoms with Crippen LogP contribution in [0.5, 0.6) is 0 Å². The van der Waals surface area contributed by atoms with Gasteiger partial charge in [0.25, 0.3) is 11.9 Å². The highest BCUT2D eigenvalue weighted by Gasteiger charge is 2.29. The van der Waals surface area contributed by atoms with E-state index in [-0.39, 0.29) is 0 Å². The zero-order valence-corrected chi connectivity index (χ0v) is 7.85. The van der Waals surface area contributed by atoms with Crippen LogP contribution >= 0.6 is 0 Å². The van der Waals surface area contributed by atoms with Gasteiger partial charge in [-0.25, -0.2) is 0 Å². The predicted octanol–water partition coefficient (Wildman–Crippen LogP) is -1.13. The first-order valence-corrected chi connectivity index (χ1v) is 4.59. The first-order chi connectivity index (χ1) is 6.41. The van der Waals surface area contributed by atoms with Crippen LogP contribution in [0.4, 0.5) is 0 Å². The van der Waals surface area contributed by atoms with Crippen LogP contribution < -0.4 is 0 Å². The van der Waals surface area contributed by atoms with E-state index < -0.39 is 11.9 Å². The smallest absolute Gasteiger partial charge is 0.277 e. The Morgan fingerprint density at radius 3 is 1.14 bits per heavy atom. The molecule has 2 aliphatic rings. The molecule has 0 unspecified atom stereocenters. The molecule has 0 aromatic carbocycles. The lowest BCUT2D eigenvalue weighted by molar-refractivity contribution is -0.313. The summed E-state index contributed by atoms with van der Waals surface area (Å²) >= 11 is 0. The van der Waals surface area contributed by atoms with Crippen molar-refractivity contribution in [1.29, 1.82) is 0 Å². The van der Waals surface area contributed by atoms with Crippen LogP contribution in [0, 0.1) is 0 Å². The largest absolute Gasteiger partial charge is 0.343 e. The third-order valence-corrected chi connectivity index (χ3v) is 1.96. The molecule has 6 heteroatoms. The molecule has 0 amide bonds. The minimum atomic E-state index is -1.81. The van der Waals surface area contributed by atoms with Gasteiger partial charge >= 0.3 is 0 Å². The van der Waals surface area contributed by atoms with E-state index in [9.17, 15) is 0 Å². The number of ether oxygens (including phenoxy) is 2. The Kier molecular flexibility index (Phi) is 3.82. The van der Waals surface area contributed by atoms with E-state index in [1.165, 1.54) is 0 Å². The normalized spacial score (nSPS) is 28.3. The van der Waals surface area contributed by atoms with Gasteiger partial charge in [0.15, 0.2) is 0 Å². The van der Waals surface area contributed by atoms with Crippen molar-refractivity contribution in [2.75, 3.05) is 13.2 Å². The Hall–Kier alpha value is -0.240. The van der Waals surface area contributed by atoms with E-state index in [2.05, 4.69) is 9.47 Å². The molecule has 2 saturated heterocycles. The van der Waals surface area contributed by atoms with Crippen molar-refractivity contribution in [2.24, 2.45) is 0 Å². The van der Waals surface area contributed by atoms with Gasteiger partial charge in [-0.1, -0.05) is 0 Å². The third kappa shape index (κ3) is 4.32. The van der Waals surface area contributed by atoms with Crippen molar-refractivity contribution >= 4 is 0 Å². The summed E-state index contributed by atoms with van der Waals surface area (Å²) in [5, 5.41) is 34.1. The summed E-state index contributed by atoms with van der Waals surface area (Å²) in [4.78, 5) is 0. The van der Waals surface area contributed by atoms with Crippen LogP contribution in [0.3, 0.4) is 0 Å². The van der Waals surface area contributed by atoms with Crippen molar-refractivity contribution in [2.45, 2.75) is 37.6 Å². The maximum atomic E-state index is 8.53. The van der Waals surface area contributed by atoms with Crippen LogP contribution in [0.25, 0.3) is 0 Å². The molecule has 0 saturated carbocycles. The Labute approximate surface area is 81.7 Å². The Balaban J connectivity index is 0.000000140. The maximum absolute atomic E-state index is 8.53. The van der Waals surface area contributed by atoms with E-state index in [4.69, 9.17) is 20.4 Å². The van der Waals surface area contributed by atoms with Crippen LogP contribution in [0.1, 0.15) is 25.7 Å². The van der Waals surface area contributed by atoms with Gasteiger partial charge in [-0.2, -0.15) is 0 Å². The van der Waals surface area contributed by atoms with E-state index in [1.54, 1.807) is 0 Å². The molecule has 0 aromatic rings. The fourth-order valence-corrected chi connectivity index (χ4v) is 1.22. The quantitative estimate of drug-likeness (QED) is 0.376. The number of hydrogen-bond acceptors (Lipinski definition) is 6. The molecule has 0 spiro atoms. The number of rotatable bonds is 0. The Morgan fingerprint density at radius 1 is 0.714 bits per heavy atom. The zero-order valence-electron chi connectivity index (χ0n) is 7.85. The second-order valence-corrected chi connectivity index (χ2v) is 3.39. The van der Waals surface area contributed by atoms with Crippen LogP contribution in [-0.4, -0.2) is 45.6 Å². The fraction of sp³-hybridized carbons (Fsp3) is 1.00. The monoisotopic (exact) mass is 208 g/mol. The van der Waals surface area contributed by atoms with Gasteiger partial charge in [-0.15, -0.1) is 0 Å².